The quantitative estimate of drug-likeness (QED) is 0.176. The van der Waals surface area contributed by atoms with Crippen LogP contribution in [-0.2, 0) is 39.1 Å². The standard InChI is InChI=1S/C42H47N3O10S/c1-21-15-24-7-6-12-45-30(17-27(24)37(34(21)50-5)51-14-13-46)39-33-32(38-36(53-20-54-38)22(2)35(33)55-23(3)47)31(45)18-52-41(48)42(19-56-39)40-26(10-11-43-42)28-16-25(49-4)8-9-29(28)44-40/h8-9,15-16,30-31,39,43-44,46H,6-7,10-14,17-20H2,1-5H3/t30?,31-,39?,42+/m0/s1. The van der Waals surface area contributed by atoms with Gasteiger partial charge in [0.1, 0.15) is 24.7 Å². The van der Waals surface area contributed by atoms with E-state index in [0.29, 0.717) is 59.6 Å². The fourth-order valence-electron chi connectivity index (χ4n) is 9.73. The molecule has 1 fully saturated rings. The van der Waals surface area contributed by atoms with Crippen LogP contribution in [0.5, 0.6) is 34.5 Å². The minimum absolute atomic E-state index is 0.0267. The molecule has 56 heavy (non-hydrogen) atoms. The van der Waals surface area contributed by atoms with Gasteiger partial charge in [-0.05, 0) is 81.0 Å². The molecule has 2 unspecified atom stereocenters. The summed E-state index contributed by atoms with van der Waals surface area (Å²) in [6.45, 7) is 6.65. The van der Waals surface area contributed by atoms with Crippen molar-refractivity contribution < 1.29 is 47.9 Å². The normalized spacial score (nSPS) is 24.0. The second-order valence-corrected chi connectivity index (χ2v) is 16.3. The van der Waals surface area contributed by atoms with Crippen molar-refractivity contribution in [2.24, 2.45) is 0 Å². The van der Waals surface area contributed by atoms with Crippen molar-refractivity contribution in [2.75, 3.05) is 59.7 Å². The van der Waals surface area contributed by atoms with Gasteiger partial charge in [-0.25, -0.2) is 4.79 Å². The Balaban J connectivity index is 1.26. The number of aliphatic hydroxyl groups excluding tert-OH is 1. The van der Waals surface area contributed by atoms with Crippen LogP contribution in [0.1, 0.15) is 69.3 Å². The number of methoxy groups -OCH3 is 2. The Bertz CT molecular complexity index is 2260. The molecular formula is C42H47N3O10S. The van der Waals surface area contributed by atoms with Gasteiger partial charge in [0.05, 0.1) is 32.6 Å². The van der Waals surface area contributed by atoms with Crippen LogP contribution in [0.4, 0.5) is 0 Å². The topological polar surface area (TPSA) is 150 Å². The van der Waals surface area contributed by atoms with Gasteiger partial charge in [0, 0.05) is 63.7 Å². The van der Waals surface area contributed by atoms with E-state index in [1.807, 2.05) is 32.0 Å². The summed E-state index contributed by atoms with van der Waals surface area (Å²) < 4.78 is 42.9. The number of esters is 2. The molecule has 4 aromatic rings. The maximum absolute atomic E-state index is 14.8. The minimum atomic E-state index is -1.20. The number of aromatic amines is 1. The van der Waals surface area contributed by atoms with Crippen LogP contribution < -0.4 is 33.7 Å². The van der Waals surface area contributed by atoms with Gasteiger partial charge in [-0.1, -0.05) is 6.07 Å². The highest BCUT2D eigenvalue weighted by molar-refractivity contribution is 7.99. The first-order valence-corrected chi connectivity index (χ1v) is 20.3. The third kappa shape index (κ3) is 5.70. The lowest BCUT2D eigenvalue weighted by molar-refractivity contribution is -0.154. The number of benzene rings is 3. The number of hydrogen-bond donors (Lipinski definition) is 3. The number of ether oxygens (including phenoxy) is 7. The second-order valence-electron chi connectivity index (χ2n) is 15.1. The van der Waals surface area contributed by atoms with Crippen LogP contribution in [0.3, 0.4) is 0 Å². The molecule has 2 bridgehead atoms. The molecule has 1 aromatic heterocycles. The maximum atomic E-state index is 14.8. The summed E-state index contributed by atoms with van der Waals surface area (Å²) in [7, 11) is 3.30. The molecule has 4 atom stereocenters. The summed E-state index contributed by atoms with van der Waals surface area (Å²) in [4.78, 5) is 33.8. The number of nitrogens with zero attached hydrogens (tertiary/aromatic N) is 1. The lowest BCUT2D eigenvalue weighted by Crippen LogP contribution is -2.58. The van der Waals surface area contributed by atoms with E-state index in [9.17, 15) is 14.7 Å². The van der Waals surface area contributed by atoms with Gasteiger partial charge in [0.25, 0.3) is 0 Å². The van der Waals surface area contributed by atoms with Gasteiger partial charge in [-0.2, -0.15) is 0 Å². The molecule has 296 valence electrons. The van der Waals surface area contributed by atoms with Gasteiger partial charge >= 0.3 is 11.9 Å². The van der Waals surface area contributed by atoms with E-state index in [4.69, 9.17) is 33.2 Å². The Morgan fingerprint density at radius 2 is 1.88 bits per heavy atom. The molecule has 0 amide bonds. The summed E-state index contributed by atoms with van der Waals surface area (Å²) >= 11 is 1.65. The van der Waals surface area contributed by atoms with Gasteiger partial charge in [0.15, 0.2) is 28.5 Å². The highest BCUT2D eigenvalue weighted by atomic mass is 32.2. The molecule has 6 aliphatic heterocycles. The molecule has 7 heterocycles. The van der Waals surface area contributed by atoms with Crippen molar-refractivity contribution in [3.63, 3.8) is 0 Å². The van der Waals surface area contributed by atoms with Crippen molar-refractivity contribution in [3.05, 3.63) is 68.9 Å². The van der Waals surface area contributed by atoms with Gasteiger partial charge in [-0.15, -0.1) is 11.8 Å². The Morgan fingerprint density at radius 3 is 2.66 bits per heavy atom. The zero-order valence-corrected chi connectivity index (χ0v) is 33.1. The van der Waals surface area contributed by atoms with Crippen LogP contribution in [0.2, 0.25) is 0 Å². The molecule has 3 N–H and O–H groups in total. The van der Waals surface area contributed by atoms with Crippen molar-refractivity contribution >= 4 is 34.6 Å². The van der Waals surface area contributed by atoms with E-state index in [1.54, 1.807) is 26.0 Å². The first-order chi connectivity index (χ1) is 27.2. The van der Waals surface area contributed by atoms with Crippen LogP contribution in [0.15, 0.2) is 24.3 Å². The SMILES string of the molecule is COc1ccc2[nH]c3c(c2c1)CCN[C@]31CSC2c3c(OC(C)=O)c(C)c4c(c3[C@H](COC1=O)N1CCCc3cc(C)c(OC)c(OCCO)c3CC21)OCO4. The monoisotopic (exact) mass is 785 g/mol. The zero-order chi connectivity index (χ0) is 38.9. The third-order valence-electron chi connectivity index (χ3n) is 12.1. The summed E-state index contributed by atoms with van der Waals surface area (Å²) in [5, 5.41) is 14.2. The number of rotatable bonds is 6. The third-order valence-corrected chi connectivity index (χ3v) is 13.6. The van der Waals surface area contributed by atoms with E-state index < -0.39 is 17.6 Å². The molecule has 14 heteroatoms. The Labute approximate surface area is 329 Å². The maximum Gasteiger partial charge on any atom is 0.333 e. The molecular weight excluding hydrogens is 739 g/mol. The largest absolute Gasteiger partial charge is 0.497 e. The van der Waals surface area contributed by atoms with Crippen LogP contribution >= 0.6 is 11.8 Å². The van der Waals surface area contributed by atoms with Crippen LogP contribution in [-0.4, -0.2) is 92.6 Å². The molecule has 6 aliphatic rings. The minimum Gasteiger partial charge on any atom is -0.497 e. The van der Waals surface area contributed by atoms with Gasteiger partial charge < -0.3 is 43.2 Å². The highest BCUT2D eigenvalue weighted by Gasteiger charge is 2.54. The summed E-state index contributed by atoms with van der Waals surface area (Å²) in [5.41, 5.74) is 7.09. The van der Waals surface area contributed by atoms with Crippen LogP contribution in [0, 0.1) is 13.8 Å². The van der Waals surface area contributed by atoms with Crippen molar-refractivity contribution in [1.82, 2.24) is 15.2 Å². The zero-order valence-electron chi connectivity index (χ0n) is 32.3. The summed E-state index contributed by atoms with van der Waals surface area (Å²) in [6.07, 6.45) is 2.89. The Kier molecular flexibility index (Phi) is 9.50. The number of aryl methyl sites for hydroxylation is 2. The first-order valence-electron chi connectivity index (χ1n) is 19.2. The molecule has 1 saturated heterocycles. The predicted molar refractivity (Wildman–Crippen MR) is 209 cm³/mol. The molecule has 0 radical (unpaired) electrons. The highest BCUT2D eigenvalue weighted by Crippen LogP contribution is 2.60. The summed E-state index contributed by atoms with van der Waals surface area (Å²) in [6, 6.07) is 7.48. The average molecular weight is 786 g/mol. The van der Waals surface area contributed by atoms with Crippen molar-refractivity contribution in [3.8, 4) is 34.5 Å². The number of H-pyrrole nitrogens is 1. The Morgan fingerprint density at radius 1 is 1.04 bits per heavy atom. The van der Waals surface area contributed by atoms with E-state index in [2.05, 4.69) is 21.3 Å². The van der Waals surface area contributed by atoms with E-state index in [1.165, 1.54) is 12.5 Å². The molecule has 3 aromatic carbocycles. The smallest absolute Gasteiger partial charge is 0.333 e. The molecule has 0 aliphatic carbocycles. The first kappa shape index (κ1) is 37.0. The van der Waals surface area contributed by atoms with Crippen molar-refractivity contribution in [1.29, 1.82) is 0 Å². The van der Waals surface area contributed by atoms with Gasteiger partial charge in [0.2, 0.25) is 6.79 Å². The fourth-order valence-corrected chi connectivity index (χ4v) is 11.4. The van der Waals surface area contributed by atoms with Gasteiger partial charge in [-0.3, -0.25) is 15.0 Å². The van der Waals surface area contributed by atoms with E-state index >= 15 is 0 Å². The fraction of sp³-hybridized carbons (Fsp3) is 0.476. The van der Waals surface area contributed by atoms with Crippen molar-refractivity contribution in [2.45, 2.75) is 69.3 Å². The number of aromatic nitrogens is 1. The van der Waals surface area contributed by atoms with E-state index in [0.717, 1.165) is 69.4 Å². The number of nitrogens with one attached hydrogen (secondary N) is 2. The molecule has 10 rings (SSSR count). The number of fused-ring (bicyclic) bond motifs is 8. The number of hydrogen-bond acceptors (Lipinski definition) is 13. The average Bonchev–Trinajstić information content (AvgIpc) is 3.83. The lowest BCUT2D eigenvalue weighted by Gasteiger charge is -2.50. The predicted octanol–water partition coefficient (Wildman–Crippen LogP) is 5.11. The van der Waals surface area contributed by atoms with Crippen LogP contribution in [0.25, 0.3) is 10.9 Å². The number of carbonyl (C=O) groups excluding carboxylic acids is 2. The lowest BCUT2D eigenvalue weighted by atomic mass is 9.80. The van der Waals surface area contributed by atoms with E-state index in [-0.39, 0.29) is 43.9 Å². The molecule has 1 spiro atoms. The molecule has 0 saturated carbocycles. The summed E-state index contributed by atoms with van der Waals surface area (Å²) in [5.74, 6) is 3.13. The Hall–Kier alpha value is -4.63. The second kappa shape index (κ2) is 14.4. The number of thioether (sulfide) groups is 1. The number of aliphatic hydroxyl groups is 1. The number of carbonyl (C=O) groups is 2. The molecule has 13 nitrogen and oxygen atoms in total.